The predicted molar refractivity (Wildman–Crippen MR) is 137 cm³/mol. The standard InChI is InChI=1S/C28H43NOSi/c1-26(2,3)21-12-16-23(17-13-21)28(30-31(7,8)9,25-11-10-20-29-25)24-18-14-22(15-19-24)27(4,5)6/h12-19,25,29H,10-11,20H2,1-9H3. The molecule has 170 valence electrons. The van der Waals surface area contributed by atoms with E-state index in [9.17, 15) is 0 Å². The van der Waals surface area contributed by atoms with Crippen LogP contribution in [0.4, 0.5) is 0 Å². The number of rotatable bonds is 5. The Morgan fingerprint density at radius 2 is 1.10 bits per heavy atom. The maximum atomic E-state index is 7.21. The molecule has 1 N–H and O–H groups in total. The van der Waals surface area contributed by atoms with Crippen molar-refractivity contribution in [2.24, 2.45) is 0 Å². The predicted octanol–water partition coefficient (Wildman–Crippen LogP) is 7.13. The maximum absolute atomic E-state index is 7.21. The van der Waals surface area contributed by atoms with Crippen LogP contribution in [0.15, 0.2) is 48.5 Å². The normalized spacial score (nSPS) is 18.4. The molecule has 0 aromatic heterocycles. The fourth-order valence-corrected chi connectivity index (χ4v) is 6.05. The third-order valence-corrected chi connectivity index (χ3v) is 7.31. The van der Waals surface area contributed by atoms with Crippen LogP contribution >= 0.6 is 0 Å². The largest absolute Gasteiger partial charge is 0.403 e. The van der Waals surface area contributed by atoms with Gasteiger partial charge in [0.2, 0.25) is 0 Å². The van der Waals surface area contributed by atoms with Crippen LogP contribution in [0.25, 0.3) is 0 Å². The van der Waals surface area contributed by atoms with E-state index >= 15 is 0 Å². The quantitative estimate of drug-likeness (QED) is 0.502. The summed E-state index contributed by atoms with van der Waals surface area (Å²) >= 11 is 0. The summed E-state index contributed by atoms with van der Waals surface area (Å²) in [6.45, 7) is 21.6. The zero-order chi connectivity index (χ0) is 23.1. The first-order chi connectivity index (χ1) is 14.2. The van der Waals surface area contributed by atoms with Gasteiger partial charge in [-0.1, -0.05) is 90.1 Å². The van der Waals surface area contributed by atoms with Crippen LogP contribution in [-0.4, -0.2) is 20.9 Å². The Hall–Kier alpha value is -1.42. The van der Waals surface area contributed by atoms with Gasteiger partial charge < -0.3 is 9.74 Å². The van der Waals surface area contributed by atoms with Crippen LogP contribution in [0, 0.1) is 0 Å². The Kier molecular flexibility index (Phi) is 6.64. The van der Waals surface area contributed by atoms with E-state index in [2.05, 4.69) is 115 Å². The van der Waals surface area contributed by atoms with Gasteiger partial charge in [0.05, 0.1) is 0 Å². The lowest BCUT2D eigenvalue weighted by Gasteiger charge is -2.45. The zero-order valence-corrected chi connectivity index (χ0v) is 22.2. The number of benzene rings is 2. The van der Waals surface area contributed by atoms with Crippen molar-refractivity contribution in [3.63, 3.8) is 0 Å². The summed E-state index contributed by atoms with van der Waals surface area (Å²) < 4.78 is 7.21. The first-order valence-electron chi connectivity index (χ1n) is 11.9. The Labute approximate surface area is 191 Å². The van der Waals surface area contributed by atoms with E-state index in [0.29, 0.717) is 0 Å². The summed E-state index contributed by atoms with van der Waals surface area (Å²) in [5.74, 6) is 0. The number of hydrogen-bond donors (Lipinski definition) is 1. The molecule has 0 radical (unpaired) electrons. The van der Waals surface area contributed by atoms with Crippen molar-refractivity contribution in [3.8, 4) is 0 Å². The second-order valence-electron chi connectivity index (χ2n) is 12.3. The van der Waals surface area contributed by atoms with Crippen LogP contribution in [0.2, 0.25) is 19.6 Å². The number of hydrogen-bond acceptors (Lipinski definition) is 2. The molecule has 2 aromatic rings. The molecule has 1 aliphatic rings. The Bertz CT molecular complexity index is 800. The van der Waals surface area contributed by atoms with Gasteiger partial charge in [-0.2, -0.15) is 0 Å². The maximum Gasteiger partial charge on any atom is 0.185 e. The van der Waals surface area contributed by atoms with Crippen molar-refractivity contribution >= 4 is 8.32 Å². The minimum Gasteiger partial charge on any atom is -0.403 e. The summed E-state index contributed by atoms with van der Waals surface area (Å²) in [6.07, 6.45) is 2.33. The fourth-order valence-electron chi connectivity index (χ4n) is 4.71. The van der Waals surface area contributed by atoms with E-state index < -0.39 is 13.9 Å². The lowest BCUT2D eigenvalue weighted by molar-refractivity contribution is 0.0638. The van der Waals surface area contributed by atoms with Crippen molar-refractivity contribution < 1.29 is 4.43 Å². The van der Waals surface area contributed by atoms with Crippen molar-refractivity contribution in [1.29, 1.82) is 0 Å². The van der Waals surface area contributed by atoms with Gasteiger partial charge in [0.25, 0.3) is 0 Å². The van der Waals surface area contributed by atoms with Gasteiger partial charge in [-0.05, 0) is 72.1 Å². The molecule has 1 unspecified atom stereocenters. The molecule has 1 heterocycles. The van der Waals surface area contributed by atoms with E-state index in [4.69, 9.17) is 4.43 Å². The molecule has 1 saturated heterocycles. The third-order valence-electron chi connectivity index (χ3n) is 6.38. The van der Waals surface area contributed by atoms with E-state index in [0.717, 1.165) is 13.0 Å². The molecular weight excluding hydrogens is 394 g/mol. The summed E-state index contributed by atoms with van der Waals surface area (Å²) in [5.41, 5.74) is 5.08. The molecule has 0 amide bonds. The van der Waals surface area contributed by atoms with Gasteiger partial charge in [-0.15, -0.1) is 0 Å². The van der Waals surface area contributed by atoms with Crippen LogP contribution < -0.4 is 5.32 Å². The van der Waals surface area contributed by atoms with Gasteiger partial charge in [-0.25, -0.2) is 0 Å². The summed E-state index contributed by atoms with van der Waals surface area (Å²) in [4.78, 5) is 0. The van der Waals surface area contributed by atoms with Gasteiger partial charge in [0.1, 0.15) is 5.60 Å². The molecule has 0 spiro atoms. The topological polar surface area (TPSA) is 21.3 Å². The van der Waals surface area contributed by atoms with Crippen LogP contribution in [0.1, 0.15) is 76.6 Å². The zero-order valence-electron chi connectivity index (χ0n) is 21.2. The smallest absolute Gasteiger partial charge is 0.185 e. The van der Waals surface area contributed by atoms with E-state index in [1.807, 2.05) is 0 Å². The Balaban J connectivity index is 2.20. The molecule has 31 heavy (non-hydrogen) atoms. The average molecular weight is 438 g/mol. The molecule has 3 rings (SSSR count). The molecule has 0 aliphatic carbocycles. The molecule has 0 bridgehead atoms. The van der Waals surface area contributed by atoms with Crippen molar-refractivity contribution in [3.05, 3.63) is 70.8 Å². The SMILES string of the molecule is CC(C)(C)c1ccc(C(O[Si](C)(C)C)(c2ccc(C(C)(C)C)cc2)C2CCCN2)cc1. The Morgan fingerprint density at radius 1 is 0.710 bits per heavy atom. The lowest BCUT2D eigenvalue weighted by Crippen LogP contribution is -2.53. The van der Waals surface area contributed by atoms with Gasteiger partial charge in [0.15, 0.2) is 8.32 Å². The van der Waals surface area contributed by atoms with E-state index in [1.165, 1.54) is 28.7 Å². The van der Waals surface area contributed by atoms with Gasteiger partial charge >= 0.3 is 0 Å². The van der Waals surface area contributed by atoms with Gasteiger partial charge in [-0.3, -0.25) is 0 Å². The Morgan fingerprint density at radius 3 is 1.39 bits per heavy atom. The highest BCUT2D eigenvalue weighted by Gasteiger charge is 2.47. The van der Waals surface area contributed by atoms with Crippen LogP contribution in [0.3, 0.4) is 0 Å². The summed E-state index contributed by atoms with van der Waals surface area (Å²) in [7, 11) is -1.87. The summed E-state index contributed by atoms with van der Waals surface area (Å²) in [5, 5.41) is 3.80. The molecule has 1 aliphatic heterocycles. The lowest BCUT2D eigenvalue weighted by atomic mass is 9.77. The van der Waals surface area contributed by atoms with Crippen molar-refractivity contribution in [2.45, 2.75) is 96.5 Å². The highest BCUT2D eigenvalue weighted by molar-refractivity contribution is 6.69. The summed E-state index contributed by atoms with van der Waals surface area (Å²) in [6, 6.07) is 18.8. The van der Waals surface area contributed by atoms with Crippen LogP contribution in [0.5, 0.6) is 0 Å². The monoisotopic (exact) mass is 437 g/mol. The molecule has 2 nitrogen and oxygen atoms in total. The third kappa shape index (κ3) is 5.32. The highest BCUT2D eigenvalue weighted by Crippen LogP contribution is 2.43. The molecule has 1 fully saturated rings. The van der Waals surface area contributed by atoms with Gasteiger partial charge in [0, 0.05) is 6.04 Å². The first-order valence-corrected chi connectivity index (χ1v) is 15.3. The van der Waals surface area contributed by atoms with Crippen molar-refractivity contribution in [2.75, 3.05) is 6.54 Å². The molecule has 3 heteroatoms. The number of nitrogens with one attached hydrogen (secondary N) is 1. The van der Waals surface area contributed by atoms with Crippen molar-refractivity contribution in [1.82, 2.24) is 5.32 Å². The van der Waals surface area contributed by atoms with E-state index in [1.54, 1.807) is 0 Å². The second kappa shape index (κ2) is 8.50. The average Bonchev–Trinajstić information content (AvgIpc) is 3.19. The van der Waals surface area contributed by atoms with Crippen LogP contribution in [-0.2, 0) is 20.9 Å². The van der Waals surface area contributed by atoms with E-state index in [-0.39, 0.29) is 16.9 Å². The molecule has 2 aromatic carbocycles. The minimum atomic E-state index is -1.87. The molecule has 1 atom stereocenters. The first kappa shape index (κ1) is 24.2. The molecular formula is C28H43NOSi. The minimum absolute atomic E-state index is 0.140. The fraction of sp³-hybridized carbons (Fsp3) is 0.571. The highest BCUT2D eigenvalue weighted by atomic mass is 28.4. The second-order valence-corrected chi connectivity index (χ2v) is 16.7. The molecule has 0 saturated carbocycles.